The van der Waals surface area contributed by atoms with E-state index in [1.807, 2.05) is 0 Å². The molecular formula is C8H10N2O. The van der Waals surface area contributed by atoms with E-state index in [1.165, 1.54) is 6.08 Å². The van der Waals surface area contributed by atoms with Gasteiger partial charge in [-0.25, -0.2) is 0 Å². The average Bonchev–Trinajstić information content (AvgIpc) is 2.04. The summed E-state index contributed by atoms with van der Waals surface area (Å²) >= 11 is 0. The van der Waals surface area contributed by atoms with Gasteiger partial charge in [0, 0.05) is 6.20 Å². The summed E-state index contributed by atoms with van der Waals surface area (Å²) in [5.74, 6) is 0.111. The first kappa shape index (κ1) is 7.75. The summed E-state index contributed by atoms with van der Waals surface area (Å²) in [5, 5.41) is 9.22. The van der Waals surface area contributed by atoms with Crippen LogP contribution in [0.1, 0.15) is 11.7 Å². The number of nitrogens with zero attached hydrogens (tertiary/aromatic N) is 1. The van der Waals surface area contributed by atoms with Gasteiger partial charge >= 0.3 is 0 Å². The summed E-state index contributed by atoms with van der Waals surface area (Å²) in [4.78, 5) is 3.90. The van der Waals surface area contributed by atoms with Crippen LogP contribution in [-0.2, 0) is 0 Å². The second kappa shape index (κ2) is 3.16. The number of aromatic nitrogens is 1. The molecule has 0 spiro atoms. The van der Waals surface area contributed by atoms with Crippen molar-refractivity contribution < 1.29 is 5.11 Å². The molecule has 0 fully saturated rings. The van der Waals surface area contributed by atoms with Gasteiger partial charge < -0.3 is 10.8 Å². The predicted molar refractivity (Wildman–Crippen MR) is 43.0 cm³/mol. The quantitative estimate of drug-likeness (QED) is 0.617. The highest BCUT2D eigenvalue weighted by Crippen LogP contribution is 2.18. The van der Waals surface area contributed by atoms with Crippen molar-refractivity contribution in [1.29, 1.82) is 0 Å². The van der Waals surface area contributed by atoms with E-state index in [1.54, 1.807) is 18.3 Å². The predicted octanol–water partition coefficient (Wildman–Crippen LogP) is 0.973. The second-order valence-electron chi connectivity index (χ2n) is 2.17. The smallest absolute Gasteiger partial charge is 0.139 e. The first-order valence-electron chi connectivity index (χ1n) is 3.27. The van der Waals surface area contributed by atoms with E-state index >= 15 is 0 Å². The molecule has 0 aliphatic carbocycles. The Labute approximate surface area is 65.2 Å². The van der Waals surface area contributed by atoms with Gasteiger partial charge in [0.25, 0.3) is 0 Å². The van der Waals surface area contributed by atoms with Crippen molar-refractivity contribution in [2.45, 2.75) is 6.04 Å². The second-order valence-corrected chi connectivity index (χ2v) is 2.17. The molecule has 0 aromatic carbocycles. The monoisotopic (exact) mass is 150 g/mol. The van der Waals surface area contributed by atoms with Gasteiger partial charge in [0.2, 0.25) is 0 Å². The van der Waals surface area contributed by atoms with Crippen molar-refractivity contribution >= 4 is 0 Å². The molecule has 1 atom stereocenters. The molecule has 1 unspecified atom stereocenters. The van der Waals surface area contributed by atoms with Crippen molar-refractivity contribution in [3.63, 3.8) is 0 Å². The van der Waals surface area contributed by atoms with Crippen LogP contribution in [0.3, 0.4) is 0 Å². The topological polar surface area (TPSA) is 59.1 Å². The number of hydrogen-bond acceptors (Lipinski definition) is 3. The van der Waals surface area contributed by atoms with E-state index in [-0.39, 0.29) is 5.75 Å². The molecule has 0 aliphatic heterocycles. The van der Waals surface area contributed by atoms with E-state index in [0.717, 1.165) is 0 Å². The van der Waals surface area contributed by atoms with E-state index in [2.05, 4.69) is 11.6 Å². The van der Waals surface area contributed by atoms with Crippen molar-refractivity contribution in [3.8, 4) is 5.75 Å². The molecule has 1 heterocycles. The lowest BCUT2D eigenvalue weighted by atomic mass is 10.2. The first-order chi connectivity index (χ1) is 5.25. The van der Waals surface area contributed by atoms with Gasteiger partial charge in [-0.05, 0) is 12.1 Å². The third-order valence-corrected chi connectivity index (χ3v) is 1.39. The maximum atomic E-state index is 9.22. The molecule has 1 aromatic rings. The van der Waals surface area contributed by atoms with E-state index in [0.29, 0.717) is 5.69 Å². The van der Waals surface area contributed by atoms with Crippen LogP contribution in [-0.4, -0.2) is 10.1 Å². The SMILES string of the molecule is C=CC(N)c1ncccc1O. The fraction of sp³-hybridized carbons (Fsp3) is 0.125. The molecule has 0 aliphatic rings. The van der Waals surface area contributed by atoms with Gasteiger partial charge in [0.15, 0.2) is 0 Å². The fourth-order valence-electron chi connectivity index (χ4n) is 0.777. The summed E-state index contributed by atoms with van der Waals surface area (Å²) in [6.07, 6.45) is 3.11. The van der Waals surface area contributed by atoms with Gasteiger partial charge in [-0.1, -0.05) is 6.08 Å². The molecule has 1 aromatic heterocycles. The highest BCUT2D eigenvalue weighted by atomic mass is 16.3. The average molecular weight is 150 g/mol. The van der Waals surface area contributed by atoms with Crippen LogP contribution in [0.15, 0.2) is 31.0 Å². The van der Waals surface area contributed by atoms with Crippen LogP contribution in [0.2, 0.25) is 0 Å². The number of nitrogens with two attached hydrogens (primary N) is 1. The number of rotatable bonds is 2. The molecule has 3 nitrogen and oxygen atoms in total. The van der Waals surface area contributed by atoms with Crippen molar-refractivity contribution in [2.24, 2.45) is 5.73 Å². The maximum Gasteiger partial charge on any atom is 0.139 e. The summed E-state index contributed by atoms with van der Waals surface area (Å²) in [6, 6.07) is 2.80. The van der Waals surface area contributed by atoms with Crippen LogP contribution in [0.5, 0.6) is 5.75 Å². The number of pyridine rings is 1. The lowest BCUT2D eigenvalue weighted by Crippen LogP contribution is -2.08. The Morgan fingerprint density at radius 3 is 3.00 bits per heavy atom. The molecular weight excluding hydrogens is 140 g/mol. The van der Waals surface area contributed by atoms with E-state index < -0.39 is 6.04 Å². The molecule has 3 N–H and O–H groups in total. The Balaban J connectivity index is 3.02. The van der Waals surface area contributed by atoms with Crippen molar-refractivity contribution in [2.75, 3.05) is 0 Å². The minimum absolute atomic E-state index is 0.111. The zero-order valence-corrected chi connectivity index (χ0v) is 6.07. The largest absolute Gasteiger partial charge is 0.506 e. The van der Waals surface area contributed by atoms with Crippen molar-refractivity contribution in [3.05, 3.63) is 36.7 Å². The van der Waals surface area contributed by atoms with Crippen LogP contribution < -0.4 is 5.73 Å². The normalized spacial score (nSPS) is 12.5. The van der Waals surface area contributed by atoms with Crippen LogP contribution in [0.25, 0.3) is 0 Å². The zero-order chi connectivity index (χ0) is 8.27. The molecule has 0 saturated heterocycles. The van der Waals surface area contributed by atoms with Crippen LogP contribution in [0.4, 0.5) is 0 Å². The standard InChI is InChI=1S/C8H10N2O/c1-2-6(9)8-7(11)4-3-5-10-8/h2-6,11H,1,9H2. The van der Waals surface area contributed by atoms with E-state index in [4.69, 9.17) is 5.73 Å². The summed E-state index contributed by atoms with van der Waals surface area (Å²) in [6.45, 7) is 3.50. The Morgan fingerprint density at radius 1 is 1.73 bits per heavy atom. The van der Waals surface area contributed by atoms with Crippen LogP contribution in [0, 0.1) is 0 Å². The lowest BCUT2D eigenvalue weighted by Gasteiger charge is -2.05. The van der Waals surface area contributed by atoms with Gasteiger partial charge in [0.1, 0.15) is 11.4 Å². The Morgan fingerprint density at radius 2 is 2.45 bits per heavy atom. The molecule has 58 valence electrons. The Bertz CT molecular complexity index is 260. The lowest BCUT2D eigenvalue weighted by molar-refractivity contribution is 0.461. The highest BCUT2D eigenvalue weighted by Gasteiger charge is 2.06. The number of aromatic hydroxyl groups is 1. The third kappa shape index (κ3) is 1.56. The maximum absolute atomic E-state index is 9.22. The van der Waals surface area contributed by atoms with Gasteiger partial charge in [-0.3, -0.25) is 4.98 Å². The third-order valence-electron chi connectivity index (χ3n) is 1.39. The molecule has 0 saturated carbocycles. The van der Waals surface area contributed by atoms with Crippen molar-refractivity contribution in [1.82, 2.24) is 4.98 Å². The van der Waals surface area contributed by atoms with E-state index in [9.17, 15) is 5.11 Å². The Kier molecular flexibility index (Phi) is 2.23. The summed E-state index contributed by atoms with van der Waals surface area (Å²) in [7, 11) is 0. The molecule has 0 bridgehead atoms. The summed E-state index contributed by atoms with van der Waals surface area (Å²) in [5.41, 5.74) is 6.02. The molecule has 1 rings (SSSR count). The summed E-state index contributed by atoms with van der Waals surface area (Å²) < 4.78 is 0. The highest BCUT2D eigenvalue weighted by molar-refractivity contribution is 5.29. The molecule has 0 radical (unpaired) electrons. The van der Waals surface area contributed by atoms with Gasteiger partial charge in [-0.2, -0.15) is 0 Å². The first-order valence-corrected chi connectivity index (χ1v) is 3.27. The fourth-order valence-corrected chi connectivity index (χ4v) is 0.777. The minimum Gasteiger partial charge on any atom is -0.506 e. The van der Waals surface area contributed by atoms with Gasteiger partial charge in [-0.15, -0.1) is 6.58 Å². The number of hydrogen-bond donors (Lipinski definition) is 2. The zero-order valence-electron chi connectivity index (χ0n) is 6.07. The minimum atomic E-state index is -0.392. The van der Waals surface area contributed by atoms with Gasteiger partial charge in [0.05, 0.1) is 6.04 Å². The Hall–Kier alpha value is -1.35. The molecule has 0 amide bonds. The van der Waals surface area contributed by atoms with Crippen LogP contribution >= 0.6 is 0 Å². The molecule has 3 heteroatoms. The molecule has 11 heavy (non-hydrogen) atoms.